The van der Waals surface area contributed by atoms with Gasteiger partial charge in [0, 0.05) is 35.4 Å². The van der Waals surface area contributed by atoms with Crippen LogP contribution in [-0.4, -0.2) is 20.3 Å². The maximum absolute atomic E-state index is 13.1. The van der Waals surface area contributed by atoms with Crippen molar-refractivity contribution in [3.05, 3.63) is 89.4 Å². The molecule has 5 rings (SSSR count). The third-order valence-corrected chi connectivity index (χ3v) is 5.88. The first-order chi connectivity index (χ1) is 14.2. The molecule has 5 heteroatoms. The topological polar surface area (TPSA) is 51.9 Å². The van der Waals surface area contributed by atoms with Crippen molar-refractivity contribution in [1.82, 2.24) is 19.7 Å². The highest BCUT2D eigenvalue weighted by molar-refractivity contribution is 6.07. The van der Waals surface area contributed by atoms with Crippen LogP contribution in [0, 0.1) is 0 Å². The number of amides is 1. The molecule has 1 atom stereocenters. The Bertz CT molecular complexity index is 1170. The molecule has 5 nitrogen and oxygen atoms in total. The van der Waals surface area contributed by atoms with E-state index in [1.807, 2.05) is 54.3 Å². The van der Waals surface area contributed by atoms with Gasteiger partial charge in [-0.1, -0.05) is 48.5 Å². The van der Waals surface area contributed by atoms with Crippen molar-refractivity contribution < 1.29 is 4.79 Å². The molecule has 29 heavy (non-hydrogen) atoms. The Morgan fingerprint density at radius 3 is 2.79 bits per heavy atom. The molecule has 0 bridgehead atoms. The number of nitrogens with one attached hydrogen (secondary N) is 1. The first-order valence-corrected chi connectivity index (χ1v) is 10.1. The predicted octanol–water partition coefficient (Wildman–Crippen LogP) is 4.23. The number of aryl methyl sites for hydroxylation is 1. The minimum atomic E-state index is -0.0181. The van der Waals surface area contributed by atoms with Crippen LogP contribution < -0.4 is 5.32 Å². The fraction of sp³-hybridized carbons (Fsp3) is 0.250. The van der Waals surface area contributed by atoms with Crippen molar-refractivity contribution in [3.63, 3.8) is 0 Å². The molecule has 2 aromatic heterocycles. The number of hydrogen-bond acceptors (Lipinski definition) is 2. The Morgan fingerprint density at radius 1 is 1.14 bits per heavy atom. The van der Waals surface area contributed by atoms with E-state index in [-0.39, 0.29) is 11.9 Å². The van der Waals surface area contributed by atoms with Crippen LogP contribution in [0.2, 0.25) is 0 Å². The van der Waals surface area contributed by atoms with Crippen molar-refractivity contribution in [2.45, 2.75) is 31.8 Å². The second-order valence-electron chi connectivity index (χ2n) is 7.78. The summed E-state index contributed by atoms with van der Waals surface area (Å²) >= 11 is 0. The van der Waals surface area contributed by atoms with Gasteiger partial charge in [0.25, 0.3) is 5.91 Å². The highest BCUT2D eigenvalue weighted by Crippen LogP contribution is 2.31. The highest BCUT2D eigenvalue weighted by atomic mass is 16.1. The quantitative estimate of drug-likeness (QED) is 0.572. The number of fused-ring (bicyclic) bond motifs is 2. The van der Waals surface area contributed by atoms with Gasteiger partial charge in [0.15, 0.2) is 0 Å². The molecule has 0 radical (unpaired) electrons. The lowest BCUT2D eigenvalue weighted by molar-refractivity contribution is 0.0934. The van der Waals surface area contributed by atoms with Crippen LogP contribution in [0.4, 0.5) is 0 Å². The molecule has 1 N–H and O–H groups in total. The van der Waals surface area contributed by atoms with Crippen LogP contribution in [0.1, 0.15) is 46.1 Å². The van der Waals surface area contributed by atoms with E-state index in [0.29, 0.717) is 0 Å². The molecule has 0 aliphatic heterocycles. The molecule has 0 spiro atoms. The normalized spacial score (nSPS) is 16.0. The van der Waals surface area contributed by atoms with Crippen LogP contribution in [0.15, 0.2) is 67.0 Å². The van der Waals surface area contributed by atoms with E-state index in [1.54, 1.807) is 0 Å². The number of rotatable bonds is 4. The van der Waals surface area contributed by atoms with Crippen LogP contribution in [0.3, 0.4) is 0 Å². The number of carbonyl (C=O) groups is 1. The van der Waals surface area contributed by atoms with Gasteiger partial charge >= 0.3 is 0 Å². The summed E-state index contributed by atoms with van der Waals surface area (Å²) in [5.74, 6) is -0.0181. The predicted molar refractivity (Wildman–Crippen MR) is 114 cm³/mol. The van der Waals surface area contributed by atoms with E-state index >= 15 is 0 Å². The zero-order chi connectivity index (χ0) is 19.8. The van der Waals surface area contributed by atoms with Gasteiger partial charge in [-0.05, 0) is 30.9 Å². The average Bonchev–Trinajstić information content (AvgIpc) is 3.31. The van der Waals surface area contributed by atoms with Gasteiger partial charge in [-0.2, -0.15) is 5.10 Å². The largest absolute Gasteiger partial charge is 0.350 e. The molecule has 1 aliphatic carbocycles. The molecule has 1 aliphatic rings. The van der Waals surface area contributed by atoms with E-state index in [4.69, 9.17) is 0 Å². The summed E-state index contributed by atoms with van der Waals surface area (Å²) in [4.78, 5) is 13.1. The third kappa shape index (κ3) is 3.23. The standard InChI is InChI=1S/C24H24N4O/c1-27-16-20(18-10-5-6-12-22(18)27)24(29)26-21-11-7-13-23-19(21)14-25-28(23)15-17-8-3-2-4-9-17/h2-6,8-10,12,14,16,21H,7,11,13,15H2,1H3,(H,26,29). The Kier molecular flexibility index (Phi) is 4.43. The van der Waals surface area contributed by atoms with E-state index in [2.05, 4.69) is 39.4 Å². The van der Waals surface area contributed by atoms with E-state index in [0.717, 1.165) is 47.8 Å². The fourth-order valence-electron chi connectivity index (χ4n) is 4.42. The second-order valence-corrected chi connectivity index (χ2v) is 7.78. The van der Waals surface area contributed by atoms with Gasteiger partial charge in [0.2, 0.25) is 0 Å². The Hall–Kier alpha value is -3.34. The minimum absolute atomic E-state index is 0.00902. The number of carbonyl (C=O) groups excluding carboxylic acids is 1. The summed E-state index contributed by atoms with van der Waals surface area (Å²) in [7, 11) is 1.98. The minimum Gasteiger partial charge on any atom is -0.350 e. The number of benzene rings is 2. The summed E-state index contributed by atoms with van der Waals surface area (Å²) in [6.07, 6.45) is 6.85. The maximum atomic E-state index is 13.1. The van der Waals surface area contributed by atoms with Crippen LogP contribution in [-0.2, 0) is 20.0 Å². The summed E-state index contributed by atoms with van der Waals surface area (Å²) in [5.41, 5.74) is 5.42. The van der Waals surface area contributed by atoms with Crippen LogP contribution >= 0.6 is 0 Å². The zero-order valence-electron chi connectivity index (χ0n) is 16.5. The van der Waals surface area contributed by atoms with Gasteiger partial charge in [-0.25, -0.2) is 0 Å². The highest BCUT2D eigenvalue weighted by Gasteiger charge is 2.26. The number of para-hydroxylation sites is 1. The molecule has 2 aromatic carbocycles. The molecule has 1 unspecified atom stereocenters. The zero-order valence-corrected chi connectivity index (χ0v) is 16.5. The molecule has 0 saturated heterocycles. The Morgan fingerprint density at radius 2 is 1.93 bits per heavy atom. The van der Waals surface area contributed by atoms with E-state index in [1.165, 1.54) is 11.3 Å². The monoisotopic (exact) mass is 384 g/mol. The van der Waals surface area contributed by atoms with E-state index in [9.17, 15) is 4.79 Å². The van der Waals surface area contributed by atoms with Gasteiger partial charge < -0.3 is 9.88 Å². The van der Waals surface area contributed by atoms with Crippen molar-refractivity contribution in [2.75, 3.05) is 0 Å². The van der Waals surface area contributed by atoms with Crippen molar-refractivity contribution in [2.24, 2.45) is 7.05 Å². The summed E-state index contributed by atoms with van der Waals surface area (Å²) in [5, 5.41) is 8.90. The SMILES string of the molecule is Cn1cc(C(=O)NC2CCCc3c2cnn3Cc2ccccc2)c2ccccc21. The summed E-state index contributed by atoms with van der Waals surface area (Å²) < 4.78 is 4.09. The third-order valence-electron chi connectivity index (χ3n) is 5.88. The van der Waals surface area contributed by atoms with Gasteiger partial charge in [-0.15, -0.1) is 0 Å². The van der Waals surface area contributed by atoms with E-state index < -0.39 is 0 Å². The maximum Gasteiger partial charge on any atom is 0.253 e. The average molecular weight is 384 g/mol. The van der Waals surface area contributed by atoms with Crippen molar-refractivity contribution >= 4 is 16.8 Å². The lowest BCUT2D eigenvalue weighted by Crippen LogP contribution is -2.31. The smallest absolute Gasteiger partial charge is 0.253 e. The molecular formula is C24H24N4O. The molecule has 0 fully saturated rings. The number of nitrogens with zero attached hydrogens (tertiary/aromatic N) is 3. The lowest BCUT2D eigenvalue weighted by atomic mass is 9.92. The fourth-order valence-corrected chi connectivity index (χ4v) is 4.42. The first-order valence-electron chi connectivity index (χ1n) is 10.1. The van der Waals surface area contributed by atoms with Crippen LogP contribution in [0.25, 0.3) is 10.9 Å². The lowest BCUT2D eigenvalue weighted by Gasteiger charge is -2.24. The van der Waals surface area contributed by atoms with Crippen LogP contribution in [0.5, 0.6) is 0 Å². The van der Waals surface area contributed by atoms with Crippen molar-refractivity contribution in [1.29, 1.82) is 0 Å². The molecule has 2 heterocycles. The van der Waals surface area contributed by atoms with Crippen molar-refractivity contribution in [3.8, 4) is 0 Å². The Labute approximate surface area is 170 Å². The second kappa shape index (κ2) is 7.24. The molecule has 1 amide bonds. The Balaban J connectivity index is 1.40. The number of aromatic nitrogens is 3. The van der Waals surface area contributed by atoms with Gasteiger partial charge in [0.05, 0.1) is 24.3 Å². The molecular weight excluding hydrogens is 360 g/mol. The number of hydrogen-bond donors (Lipinski definition) is 1. The van der Waals surface area contributed by atoms with Gasteiger partial charge in [0.1, 0.15) is 0 Å². The van der Waals surface area contributed by atoms with Gasteiger partial charge in [-0.3, -0.25) is 9.48 Å². The molecule has 146 valence electrons. The molecule has 4 aromatic rings. The summed E-state index contributed by atoms with van der Waals surface area (Å²) in [6, 6.07) is 18.4. The summed E-state index contributed by atoms with van der Waals surface area (Å²) in [6.45, 7) is 0.764. The first kappa shape index (κ1) is 17.7. The molecule has 0 saturated carbocycles.